The molecule has 0 unspecified atom stereocenters. The largest absolute Gasteiger partial charge is 0.416 e. The number of imidazole rings is 1. The van der Waals surface area contributed by atoms with Crippen molar-refractivity contribution in [2.45, 2.75) is 60.1 Å². The van der Waals surface area contributed by atoms with E-state index in [0.29, 0.717) is 28.1 Å². The Bertz CT molecular complexity index is 1320. The maximum atomic E-state index is 13.6. The summed E-state index contributed by atoms with van der Waals surface area (Å²) in [5.74, 6) is -0.977. The monoisotopic (exact) mass is 522 g/mol. The number of aryl methyl sites for hydroxylation is 3. The quantitative estimate of drug-likeness (QED) is 0.333. The number of hydrogen-bond acceptors (Lipinski definition) is 4. The van der Waals surface area contributed by atoms with E-state index in [1.165, 1.54) is 25.3 Å². The number of alkyl halides is 5. The number of nitrogens with one attached hydrogen (secondary N) is 2. The molecule has 0 fully saturated rings. The molecule has 2 aromatic heterocycles. The Hall–Kier alpha value is -3.63. The second kappa shape index (κ2) is 10.4. The van der Waals surface area contributed by atoms with Gasteiger partial charge in [-0.2, -0.15) is 13.2 Å². The van der Waals surface area contributed by atoms with Crippen LogP contribution in [-0.4, -0.2) is 26.6 Å². The molecule has 6 nitrogen and oxygen atoms in total. The fourth-order valence-electron chi connectivity index (χ4n) is 3.71. The maximum absolute atomic E-state index is 13.6. The number of nitrogens with zero attached hydrogens (tertiary/aromatic N) is 2. The van der Waals surface area contributed by atoms with E-state index in [4.69, 9.17) is 0 Å². The molecular formula is C26H27F5N4O2. The molecule has 3 rings (SSSR count). The summed E-state index contributed by atoms with van der Waals surface area (Å²) >= 11 is 0. The van der Waals surface area contributed by atoms with Crippen molar-refractivity contribution in [1.29, 1.82) is 0 Å². The molecule has 0 saturated carbocycles. The summed E-state index contributed by atoms with van der Waals surface area (Å²) in [6.45, 7) is 8.45. The van der Waals surface area contributed by atoms with Gasteiger partial charge in [-0.25, -0.2) is 13.8 Å². The lowest BCUT2D eigenvalue weighted by atomic mass is 9.87. The molecular weight excluding hydrogens is 495 g/mol. The Balaban J connectivity index is 1.86. The number of halogens is 5. The topological polar surface area (TPSA) is 87.7 Å². The number of rotatable bonds is 7. The molecule has 2 N–H and O–H groups in total. The van der Waals surface area contributed by atoms with Gasteiger partial charge in [0.25, 0.3) is 12.3 Å². The zero-order valence-electron chi connectivity index (χ0n) is 21.0. The van der Waals surface area contributed by atoms with E-state index in [1.807, 2.05) is 0 Å². The first-order valence-corrected chi connectivity index (χ1v) is 11.4. The third-order valence-corrected chi connectivity index (χ3v) is 5.83. The van der Waals surface area contributed by atoms with Crippen molar-refractivity contribution in [3.8, 4) is 11.3 Å². The number of H-pyrrole nitrogens is 1. The Kier molecular flexibility index (Phi) is 7.85. The van der Waals surface area contributed by atoms with Crippen LogP contribution in [0.1, 0.15) is 72.1 Å². The van der Waals surface area contributed by atoms with Crippen molar-refractivity contribution in [2.75, 3.05) is 5.32 Å². The summed E-state index contributed by atoms with van der Waals surface area (Å²) in [6, 6.07) is 4.49. The molecule has 0 aliphatic heterocycles. The summed E-state index contributed by atoms with van der Waals surface area (Å²) in [5, 5.41) is 2.43. The zero-order chi connectivity index (χ0) is 27.7. The highest BCUT2D eigenvalue weighted by molar-refractivity contribution is 6.04. The molecule has 0 radical (unpaired) electrons. The first-order chi connectivity index (χ1) is 17.1. The smallest absolute Gasteiger partial charge is 0.328 e. The van der Waals surface area contributed by atoms with Crippen LogP contribution >= 0.6 is 0 Å². The SMILES string of the molecule is Cc1cc(C(F)(F)F)ccc1-c1nc(NC(=O)c2cc(CCC(=O)C(C)(C)C)cnc2C(F)F)[nH]c1C. The van der Waals surface area contributed by atoms with Crippen LogP contribution in [0.2, 0.25) is 0 Å². The molecule has 0 bridgehead atoms. The van der Waals surface area contributed by atoms with Crippen LogP contribution in [0.15, 0.2) is 30.5 Å². The van der Waals surface area contributed by atoms with Gasteiger partial charge in [0.05, 0.1) is 16.8 Å². The predicted molar refractivity (Wildman–Crippen MR) is 128 cm³/mol. The molecule has 198 valence electrons. The van der Waals surface area contributed by atoms with Gasteiger partial charge in [0.2, 0.25) is 5.95 Å². The number of aromatic amines is 1. The number of aromatic nitrogens is 3. The second-order valence-corrected chi connectivity index (χ2v) is 9.79. The van der Waals surface area contributed by atoms with Crippen LogP contribution in [0, 0.1) is 19.3 Å². The molecule has 0 spiro atoms. The van der Waals surface area contributed by atoms with Gasteiger partial charge in [-0.15, -0.1) is 0 Å². The number of Topliss-reactive ketones (excluding diaryl/α,β-unsaturated/α-hetero) is 1. The van der Waals surface area contributed by atoms with Gasteiger partial charge >= 0.3 is 6.18 Å². The van der Waals surface area contributed by atoms with Crippen LogP contribution in [0.4, 0.5) is 27.9 Å². The van der Waals surface area contributed by atoms with Crippen molar-refractivity contribution >= 4 is 17.6 Å². The maximum Gasteiger partial charge on any atom is 0.416 e. The first-order valence-electron chi connectivity index (χ1n) is 11.4. The average molecular weight is 523 g/mol. The van der Waals surface area contributed by atoms with Crippen molar-refractivity contribution in [1.82, 2.24) is 15.0 Å². The van der Waals surface area contributed by atoms with E-state index >= 15 is 0 Å². The highest BCUT2D eigenvalue weighted by Crippen LogP contribution is 2.34. The minimum Gasteiger partial charge on any atom is -0.328 e. The minimum absolute atomic E-state index is 0.0198. The third kappa shape index (κ3) is 6.58. The fourth-order valence-corrected chi connectivity index (χ4v) is 3.71. The zero-order valence-corrected chi connectivity index (χ0v) is 21.0. The summed E-state index contributed by atoms with van der Waals surface area (Å²) in [6.07, 6.45) is -5.91. The van der Waals surface area contributed by atoms with E-state index in [0.717, 1.165) is 12.1 Å². The molecule has 0 aliphatic carbocycles. The number of hydrogen-bond donors (Lipinski definition) is 2. The molecule has 0 atom stereocenters. The second-order valence-electron chi connectivity index (χ2n) is 9.79. The van der Waals surface area contributed by atoms with Crippen LogP contribution in [0.25, 0.3) is 11.3 Å². The summed E-state index contributed by atoms with van der Waals surface area (Å²) in [4.78, 5) is 36.0. The fraction of sp³-hybridized carbons (Fsp3) is 0.385. The Labute approximate surface area is 210 Å². The van der Waals surface area contributed by atoms with Gasteiger partial charge in [0.1, 0.15) is 11.5 Å². The minimum atomic E-state index is -4.49. The number of carbonyl (C=O) groups excluding carboxylic acids is 2. The average Bonchev–Trinajstić information content (AvgIpc) is 3.15. The summed E-state index contributed by atoms with van der Waals surface area (Å²) in [7, 11) is 0. The van der Waals surface area contributed by atoms with E-state index in [9.17, 15) is 31.5 Å². The van der Waals surface area contributed by atoms with Gasteiger partial charge < -0.3 is 4.98 Å². The molecule has 0 aliphatic rings. The number of amides is 1. The Morgan fingerprint density at radius 1 is 1.08 bits per heavy atom. The highest BCUT2D eigenvalue weighted by Gasteiger charge is 2.31. The number of anilines is 1. The molecule has 1 amide bonds. The van der Waals surface area contributed by atoms with Crippen molar-refractivity contribution in [3.05, 3.63) is 64.1 Å². The third-order valence-electron chi connectivity index (χ3n) is 5.83. The number of benzene rings is 1. The predicted octanol–water partition coefficient (Wildman–Crippen LogP) is 6.85. The number of pyridine rings is 1. The van der Waals surface area contributed by atoms with Crippen LogP contribution in [-0.2, 0) is 17.4 Å². The van der Waals surface area contributed by atoms with E-state index in [-0.39, 0.29) is 30.1 Å². The van der Waals surface area contributed by atoms with E-state index < -0.39 is 35.2 Å². The molecule has 2 heterocycles. The van der Waals surface area contributed by atoms with Crippen molar-refractivity contribution in [3.63, 3.8) is 0 Å². The van der Waals surface area contributed by atoms with Gasteiger partial charge in [-0.3, -0.25) is 19.9 Å². The van der Waals surface area contributed by atoms with Crippen molar-refractivity contribution in [2.24, 2.45) is 5.41 Å². The van der Waals surface area contributed by atoms with E-state index in [1.54, 1.807) is 27.7 Å². The molecule has 3 aromatic rings. The molecule has 11 heteroatoms. The van der Waals surface area contributed by atoms with Gasteiger partial charge in [-0.1, -0.05) is 26.8 Å². The first kappa shape index (κ1) is 27.9. The molecule has 0 saturated heterocycles. The normalized spacial score (nSPS) is 12.2. The standard InChI is InChI=1S/C26H27F5N4O2/c1-13-10-16(26(29,30)31)7-8-17(13)20-14(2)33-24(34-20)35-23(37)18-11-15(12-32-21(18)22(27)28)6-9-19(36)25(3,4)5/h7-8,10-12,22H,6,9H2,1-5H3,(H2,33,34,35,37). The van der Waals surface area contributed by atoms with Crippen LogP contribution in [0.5, 0.6) is 0 Å². The lowest BCUT2D eigenvalue weighted by molar-refractivity contribution is -0.137. The number of ketones is 1. The Morgan fingerprint density at radius 2 is 1.76 bits per heavy atom. The van der Waals surface area contributed by atoms with Gasteiger partial charge in [-0.05, 0) is 49.6 Å². The van der Waals surface area contributed by atoms with E-state index in [2.05, 4.69) is 20.3 Å². The highest BCUT2D eigenvalue weighted by atomic mass is 19.4. The van der Waals surface area contributed by atoms with Crippen LogP contribution in [0.3, 0.4) is 0 Å². The summed E-state index contributed by atoms with van der Waals surface area (Å²) < 4.78 is 66.2. The lowest BCUT2D eigenvalue weighted by Gasteiger charge is -2.16. The Morgan fingerprint density at radius 3 is 2.32 bits per heavy atom. The lowest BCUT2D eigenvalue weighted by Crippen LogP contribution is -2.21. The van der Waals surface area contributed by atoms with Gasteiger partial charge in [0, 0.05) is 29.3 Å². The number of carbonyl (C=O) groups is 2. The van der Waals surface area contributed by atoms with Crippen molar-refractivity contribution < 1.29 is 31.5 Å². The molecule has 1 aromatic carbocycles. The summed E-state index contributed by atoms with van der Waals surface area (Å²) in [5.41, 5.74) is -0.482. The molecule has 37 heavy (non-hydrogen) atoms. The van der Waals surface area contributed by atoms with Crippen LogP contribution < -0.4 is 5.32 Å². The van der Waals surface area contributed by atoms with Gasteiger partial charge in [0.15, 0.2) is 0 Å².